The van der Waals surface area contributed by atoms with Crippen molar-refractivity contribution in [3.05, 3.63) is 29.7 Å². The Morgan fingerprint density at radius 2 is 2.17 bits per heavy atom. The molecule has 18 heavy (non-hydrogen) atoms. The van der Waals surface area contributed by atoms with Gasteiger partial charge in [0.25, 0.3) is 0 Å². The van der Waals surface area contributed by atoms with Gasteiger partial charge in [-0.15, -0.1) is 0 Å². The Kier molecular flexibility index (Phi) is 3.36. The van der Waals surface area contributed by atoms with Gasteiger partial charge >= 0.3 is 0 Å². The highest BCUT2D eigenvalue weighted by molar-refractivity contribution is 5.82. The number of fused-ring (bicyclic) bond motifs is 1. The Hall–Kier alpha value is -1.46. The Bertz CT molecular complexity index is 545. The van der Waals surface area contributed by atoms with Crippen molar-refractivity contribution in [1.29, 1.82) is 0 Å². The van der Waals surface area contributed by atoms with Gasteiger partial charge in [-0.1, -0.05) is 6.07 Å². The molecule has 1 aromatic heterocycles. The zero-order valence-corrected chi connectivity index (χ0v) is 10.8. The van der Waals surface area contributed by atoms with Crippen molar-refractivity contribution in [2.24, 2.45) is 0 Å². The maximum absolute atomic E-state index is 13.5. The first-order valence-corrected chi connectivity index (χ1v) is 5.93. The second-order valence-electron chi connectivity index (χ2n) is 5.44. The number of nitrogens with zero attached hydrogens (tertiary/aromatic N) is 1. The third kappa shape index (κ3) is 2.68. The first-order chi connectivity index (χ1) is 8.38. The van der Waals surface area contributed by atoms with Crippen LogP contribution in [0, 0.1) is 5.82 Å². The number of halogens is 1. The number of aromatic amines is 1. The standard InChI is InChI=1S/C13H18FN3O/c1-13(2,3)15-7-11(18)8-4-5-10(14)12-9(8)6-16-17-12/h4-6,11,15,18H,7H2,1-3H3,(H,16,17)/t11-/m0/s1. The SMILES string of the molecule is CC(C)(C)NC[C@H](O)c1ccc(F)c2[nH]ncc12. The average Bonchev–Trinajstić information content (AvgIpc) is 2.75. The fourth-order valence-corrected chi connectivity index (χ4v) is 1.83. The summed E-state index contributed by atoms with van der Waals surface area (Å²) in [6, 6.07) is 2.94. The molecule has 5 heteroatoms. The molecule has 1 atom stereocenters. The number of benzene rings is 1. The summed E-state index contributed by atoms with van der Waals surface area (Å²) >= 11 is 0. The maximum Gasteiger partial charge on any atom is 0.148 e. The molecular weight excluding hydrogens is 233 g/mol. The lowest BCUT2D eigenvalue weighted by Gasteiger charge is -2.23. The quantitative estimate of drug-likeness (QED) is 0.783. The van der Waals surface area contributed by atoms with E-state index < -0.39 is 6.10 Å². The third-order valence-electron chi connectivity index (χ3n) is 2.78. The topological polar surface area (TPSA) is 60.9 Å². The molecule has 0 radical (unpaired) electrons. The zero-order chi connectivity index (χ0) is 13.3. The lowest BCUT2D eigenvalue weighted by Crippen LogP contribution is -2.38. The van der Waals surface area contributed by atoms with Crippen molar-refractivity contribution in [2.45, 2.75) is 32.4 Å². The first kappa shape index (κ1) is 13.0. The Balaban J connectivity index is 2.25. The van der Waals surface area contributed by atoms with E-state index in [0.717, 1.165) is 0 Å². The fourth-order valence-electron chi connectivity index (χ4n) is 1.83. The van der Waals surface area contributed by atoms with E-state index in [1.807, 2.05) is 20.8 Å². The molecule has 0 amide bonds. The second-order valence-corrected chi connectivity index (χ2v) is 5.44. The lowest BCUT2D eigenvalue weighted by molar-refractivity contribution is 0.164. The highest BCUT2D eigenvalue weighted by Crippen LogP contribution is 2.24. The molecule has 0 aliphatic rings. The number of aliphatic hydroxyl groups excluding tert-OH is 1. The van der Waals surface area contributed by atoms with Gasteiger partial charge in [-0.3, -0.25) is 5.10 Å². The Labute approximate surface area is 105 Å². The summed E-state index contributed by atoms with van der Waals surface area (Å²) in [6.07, 6.45) is 0.846. The van der Waals surface area contributed by atoms with Crippen molar-refractivity contribution < 1.29 is 9.50 Å². The van der Waals surface area contributed by atoms with E-state index in [1.54, 1.807) is 6.07 Å². The molecule has 2 aromatic rings. The molecule has 4 nitrogen and oxygen atoms in total. The molecule has 1 aromatic carbocycles. The molecule has 0 unspecified atom stereocenters. The lowest BCUT2D eigenvalue weighted by atomic mass is 10.0. The molecule has 3 N–H and O–H groups in total. The van der Waals surface area contributed by atoms with Gasteiger partial charge in [-0.2, -0.15) is 5.10 Å². The summed E-state index contributed by atoms with van der Waals surface area (Å²) in [4.78, 5) is 0. The Morgan fingerprint density at radius 1 is 1.44 bits per heavy atom. The summed E-state index contributed by atoms with van der Waals surface area (Å²) in [5.74, 6) is -0.359. The van der Waals surface area contributed by atoms with Crippen LogP contribution in [-0.2, 0) is 0 Å². The predicted molar refractivity (Wildman–Crippen MR) is 68.8 cm³/mol. The van der Waals surface area contributed by atoms with E-state index in [1.165, 1.54) is 12.3 Å². The summed E-state index contributed by atoms with van der Waals surface area (Å²) in [5, 5.41) is 20.4. The van der Waals surface area contributed by atoms with E-state index in [9.17, 15) is 9.50 Å². The molecule has 2 rings (SSSR count). The minimum Gasteiger partial charge on any atom is -0.387 e. The molecule has 0 spiro atoms. The smallest absolute Gasteiger partial charge is 0.148 e. The van der Waals surface area contributed by atoms with Crippen LogP contribution >= 0.6 is 0 Å². The van der Waals surface area contributed by atoms with Crippen LogP contribution in [0.15, 0.2) is 18.3 Å². The van der Waals surface area contributed by atoms with E-state index in [4.69, 9.17) is 0 Å². The molecule has 98 valence electrons. The first-order valence-electron chi connectivity index (χ1n) is 5.93. The summed E-state index contributed by atoms with van der Waals surface area (Å²) in [5.41, 5.74) is 0.940. The number of rotatable bonds is 3. The highest BCUT2D eigenvalue weighted by Gasteiger charge is 2.17. The van der Waals surface area contributed by atoms with Crippen molar-refractivity contribution in [1.82, 2.24) is 15.5 Å². The Morgan fingerprint density at radius 3 is 2.83 bits per heavy atom. The van der Waals surface area contributed by atoms with Crippen LogP contribution in [0.3, 0.4) is 0 Å². The minimum absolute atomic E-state index is 0.0729. The summed E-state index contributed by atoms with van der Waals surface area (Å²) in [7, 11) is 0. The average molecular weight is 251 g/mol. The second kappa shape index (κ2) is 4.66. The van der Waals surface area contributed by atoms with Crippen LogP contribution in [0.1, 0.15) is 32.4 Å². The van der Waals surface area contributed by atoms with Crippen molar-refractivity contribution in [2.75, 3.05) is 6.54 Å². The van der Waals surface area contributed by atoms with Gasteiger partial charge in [0.2, 0.25) is 0 Å². The predicted octanol–water partition coefficient (Wildman–Crippen LogP) is 2.12. The number of aromatic nitrogens is 2. The zero-order valence-electron chi connectivity index (χ0n) is 10.8. The van der Waals surface area contributed by atoms with Crippen LogP contribution in [-0.4, -0.2) is 27.4 Å². The van der Waals surface area contributed by atoms with E-state index in [2.05, 4.69) is 15.5 Å². The van der Waals surface area contributed by atoms with Crippen LogP contribution in [0.4, 0.5) is 4.39 Å². The van der Waals surface area contributed by atoms with Gasteiger partial charge in [0.1, 0.15) is 11.3 Å². The van der Waals surface area contributed by atoms with Gasteiger partial charge in [-0.25, -0.2) is 4.39 Å². The van der Waals surface area contributed by atoms with Crippen LogP contribution in [0.25, 0.3) is 10.9 Å². The molecule has 0 bridgehead atoms. The van der Waals surface area contributed by atoms with Crippen molar-refractivity contribution in [3.8, 4) is 0 Å². The summed E-state index contributed by atoms with van der Waals surface area (Å²) in [6.45, 7) is 6.49. The van der Waals surface area contributed by atoms with E-state index in [-0.39, 0.29) is 11.4 Å². The fraction of sp³-hybridized carbons (Fsp3) is 0.462. The minimum atomic E-state index is -0.690. The van der Waals surface area contributed by atoms with Crippen LogP contribution in [0.5, 0.6) is 0 Å². The monoisotopic (exact) mass is 251 g/mol. The van der Waals surface area contributed by atoms with Crippen molar-refractivity contribution >= 4 is 10.9 Å². The number of aliphatic hydroxyl groups is 1. The van der Waals surface area contributed by atoms with E-state index in [0.29, 0.717) is 23.0 Å². The summed E-state index contributed by atoms with van der Waals surface area (Å²) < 4.78 is 13.5. The van der Waals surface area contributed by atoms with Gasteiger partial charge in [0.05, 0.1) is 12.3 Å². The molecule has 0 fully saturated rings. The molecule has 0 aliphatic carbocycles. The molecule has 1 heterocycles. The normalized spacial score (nSPS) is 14.1. The van der Waals surface area contributed by atoms with Crippen molar-refractivity contribution in [3.63, 3.8) is 0 Å². The largest absolute Gasteiger partial charge is 0.387 e. The number of hydrogen-bond donors (Lipinski definition) is 3. The van der Waals surface area contributed by atoms with Gasteiger partial charge in [0.15, 0.2) is 0 Å². The molecular formula is C13H18FN3O. The van der Waals surface area contributed by atoms with Gasteiger partial charge < -0.3 is 10.4 Å². The third-order valence-corrected chi connectivity index (χ3v) is 2.78. The van der Waals surface area contributed by atoms with E-state index >= 15 is 0 Å². The number of β-amino-alcohol motifs (C(OH)–C–C–N with tert-alkyl or cyclic N) is 1. The number of nitrogens with one attached hydrogen (secondary N) is 2. The highest BCUT2D eigenvalue weighted by atomic mass is 19.1. The molecule has 0 saturated heterocycles. The maximum atomic E-state index is 13.5. The van der Waals surface area contributed by atoms with Gasteiger partial charge in [0, 0.05) is 17.5 Å². The molecule has 0 saturated carbocycles. The van der Waals surface area contributed by atoms with Crippen LogP contribution in [0.2, 0.25) is 0 Å². The van der Waals surface area contributed by atoms with Crippen LogP contribution < -0.4 is 5.32 Å². The number of hydrogen-bond acceptors (Lipinski definition) is 3. The van der Waals surface area contributed by atoms with Gasteiger partial charge in [-0.05, 0) is 32.4 Å². The number of H-pyrrole nitrogens is 1. The molecule has 0 aliphatic heterocycles.